The lowest BCUT2D eigenvalue weighted by molar-refractivity contribution is -0.155. The van der Waals surface area contributed by atoms with Gasteiger partial charge in [-0.2, -0.15) is 0 Å². The number of aliphatic hydroxyl groups excluding tert-OH is 1. The molecular formula is C30H41N5O7. The van der Waals surface area contributed by atoms with Crippen molar-refractivity contribution in [1.82, 2.24) is 20.1 Å². The minimum Gasteiger partial charge on any atom is -0.460 e. The Hall–Kier alpha value is -4.19. The predicted molar refractivity (Wildman–Crippen MR) is 157 cm³/mol. The molecule has 1 atom stereocenters. The molecule has 1 aliphatic rings. The molecule has 2 heterocycles. The van der Waals surface area contributed by atoms with Gasteiger partial charge in [-0.1, -0.05) is 30.3 Å². The van der Waals surface area contributed by atoms with Crippen molar-refractivity contribution >= 4 is 29.6 Å². The van der Waals surface area contributed by atoms with E-state index in [1.165, 1.54) is 4.90 Å². The zero-order valence-electron chi connectivity index (χ0n) is 24.7. The van der Waals surface area contributed by atoms with Crippen LogP contribution in [0.15, 0.2) is 42.5 Å². The molecule has 0 spiro atoms. The Morgan fingerprint density at radius 3 is 2.31 bits per heavy atom. The molecular weight excluding hydrogens is 542 g/mol. The molecule has 1 aromatic carbocycles. The van der Waals surface area contributed by atoms with Gasteiger partial charge in [-0.05, 0) is 46.2 Å². The highest BCUT2D eigenvalue weighted by atomic mass is 16.6. The van der Waals surface area contributed by atoms with E-state index in [9.17, 15) is 24.3 Å². The van der Waals surface area contributed by atoms with Gasteiger partial charge in [0.25, 0.3) is 5.91 Å². The summed E-state index contributed by atoms with van der Waals surface area (Å²) in [6.45, 7) is 8.52. The lowest BCUT2D eigenvalue weighted by Gasteiger charge is -2.36. The molecule has 42 heavy (non-hydrogen) atoms. The Morgan fingerprint density at radius 1 is 1.02 bits per heavy atom. The quantitative estimate of drug-likeness (QED) is 0.339. The fourth-order valence-electron chi connectivity index (χ4n) is 4.39. The maximum Gasteiger partial charge on any atom is 0.409 e. The number of ether oxygens (including phenoxy) is 2. The van der Waals surface area contributed by atoms with E-state index < -0.39 is 29.6 Å². The predicted octanol–water partition coefficient (Wildman–Crippen LogP) is 2.67. The van der Waals surface area contributed by atoms with Gasteiger partial charge in [0.05, 0.1) is 18.9 Å². The number of hydrogen-bond acceptors (Lipinski definition) is 9. The van der Waals surface area contributed by atoms with Crippen LogP contribution >= 0.6 is 0 Å². The summed E-state index contributed by atoms with van der Waals surface area (Å²) in [6, 6.07) is 11.6. The van der Waals surface area contributed by atoms with Crippen LogP contribution in [0.1, 0.15) is 51.0 Å². The van der Waals surface area contributed by atoms with Gasteiger partial charge < -0.3 is 35.0 Å². The number of nitrogens with one attached hydrogen (secondary N) is 2. The minimum atomic E-state index is -1.03. The Bertz CT molecular complexity index is 1220. The van der Waals surface area contributed by atoms with Gasteiger partial charge in [0, 0.05) is 50.4 Å². The minimum absolute atomic E-state index is 0.0194. The second kappa shape index (κ2) is 15.2. The first-order valence-corrected chi connectivity index (χ1v) is 14.2. The Kier molecular flexibility index (Phi) is 11.7. The van der Waals surface area contributed by atoms with Gasteiger partial charge in [0.2, 0.25) is 5.91 Å². The number of anilines is 1. The van der Waals surface area contributed by atoms with Crippen LogP contribution in [0.5, 0.6) is 0 Å². The zero-order chi connectivity index (χ0) is 30.7. The lowest BCUT2D eigenvalue weighted by Crippen LogP contribution is -2.56. The molecule has 228 valence electrons. The van der Waals surface area contributed by atoms with Gasteiger partial charge in [0.1, 0.15) is 17.3 Å². The summed E-state index contributed by atoms with van der Waals surface area (Å²) in [5.41, 5.74) is 1.28. The second-order valence-corrected chi connectivity index (χ2v) is 10.8. The van der Waals surface area contributed by atoms with Crippen LogP contribution in [-0.2, 0) is 19.1 Å². The molecule has 0 saturated carbocycles. The molecule has 0 radical (unpaired) electrons. The third kappa shape index (κ3) is 9.72. The van der Waals surface area contributed by atoms with Crippen LogP contribution in [-0.4, -0.2) is 101 Å². The average Bonchev–Trinajstić information content (AvgIpc) is 2.97. The fraction of sp³-hybridized carbons (Fsp3) is 0.500. The van der Waals surface area contributed by atoms with E-state index in [1.54, 1.807) is 44.7 Å². The third-order valence-electron chi connectivity index (χ3n) is 6.35. The van der Waals surface area contributed by atoms with Gasteiger partial charge in [-0.25, -0.2) is 9.78 Å². The molecule has 0 bridgehead atoms. The van der Waals surface area contributed by atoms with E-state index in [4.69, 9.17) is 9.47 Å². The van der Waals surface area contributed by atoms with Crippen molar-refractivity contribution in [2.45, 2.75) is 52.2 Å². The normalized spacial score (nSPS) is 14.1. The number of piperazine rings is 1. The molecule has 12 heteroatoms. The number of esters is 1. The smallest absolute Gasteiger partial charge is 0.409 e. The Labute approximate surface area is 246 Å². The summed E-state index contributed by atoms with van der Waals surface area (Å²) < 4.78 is 10.5. The molecule has 3 amide bonds. The number of aliphatic hydroxyl groups is 1. The van der Waals surface area contributed by atoms with Crippen molar-refractivity contribution in [3.05, 3.63) is 48.2 Å². The molecule has 3 rings (SSSR count). The lowest BCUT2D eigenvalue weighted by atomic mass is 10.1. The van der Waals surface area contributed by atoms with Crippen LogP contribution in [0, 0.1) is 0 Å². The highest BCUT2D eigenvalue weighted by Crippen LogP contribution is 2.22. The maximum atomic E-state index is 13.6. The van der Waals surface area contributed by atoms with E-state index in [2.05, 4.69) is 15.6 Å². The number of hydrogen-bond donors (Lipinski definition) is 3. The molecule has 1 saturated heterocycles. The largest absolute Gasteiger partial charge is 0.460 e. The van der Waals surface area contributed by atoms with Crippen molar-refractivity contribution in [1.29, 1.82) is 0 Å². The van der Waals surface area contributed by atoms with Crippen molar-refractivity contribution < 1.29 is 33.8 Å². The second-order valence-electron chi connectivity index (χ2n) is 10.8. The number of carbonyl (C=O) groups is 4. The summed E-state index contributed by atoms with van der Waals surface area (Å²) in [5.74, 6) is -1.44. The topological polar surface area (TPSA) is 150 Å². The third-order valence-corrected chi connectivity index (χ3v) is 6.35. The van der Waals surface area contributed by atoms with E-state index in [0.29, 0.717) is 11.4 Å². The van der Waals surface area contributed by atoms with Crippen LogP contribution in [0.3, 0.4) is 0 Å². The number of rotatable bonds is 11. The van der Waals surface area contributed by atoms with Crippen molar-refractivity contribution in [2.75, 3.05) is 51.3 Å². The summed E-state index contributed by atoms with van der Waals surface area (Å²) in [5, 5.41) is 15.1. The van der Waals surface area contributed by atoms with Crippen molar-refractivity contribution in [2.24, 2.45) is 0 Å². The monoisotopic (exact) mass is 583 g/mol. The van der Waals surface area contributed by atoms with E-state index in [1.807, 2.05) is 30.3 Å². The standard InChI is InChI=1S/C30H41N5O7/c1-5-41-29(40)35-16-14-34(15-17-35)28(39)23(11-12-26(37)42-30(2,3)4)33-27(38)25-20-22(31-13-18-36)19-24(32-25)21-9-7-6-8-10-21/h6-10,19-20,23,36H,5,11-18H2,1-4H3,(H,31,32)(H,33,38)/t23-/m0/s1. The molecule has 2 aromatic rings. The summed E-state index contributed by atoms with van der Waals surface area (Å²) >= 11 is 0. The van der Waals surface area contributed by atoms with Gasteiger partial charge in [-0.15, -0.1) is 0 Å². The number of pyridine rings is 1. The number of aromatic nitrogens is 1. The van der Waals surface area contributed by atoms with Crippen LogP contribution < -0.4 is 10.6 Å². The molecule has 1 fully saturated rings. The fourth-order valence-corrected chi connectivity index (χ4v) is 4.39. The molecule has 3 N–H and O–H groups in total. The maximum absolute atomic E-state index is 13.6. The van der Waals surface area contributed by atoms with Crippen LogP contribution in [0.4, 0.5) is 10.5 Å². The number of amides is 3. The molecule has 1 aromatic heterocycles. The molecule has 0 unspecified atom stereocenters. The molecule has 1 aliphatic heterocycles. The van der Waals surface area contributed by atoms with Crippen LogP contribution in [0.2, 0.25) is 0 Å². The van der Waals surface area contributed by atoms with E-state index in [0.717, 1.165) is 5.56 Å². The van der Waals surface area contributed by atoms with Crippen molar-refractivity contribution in [3.8, 4) is 11.3 Å². The highest BCUT2D eigenvalue weighted by molar-refractivity contribution is 5.97. The van der Waals surface area contributed by atoms with Gasteiger partial charge in [-0.3, -0.25) is 14.4 Å². The van der Waals surface area contributed by atoms with Gasteiger partial charge in [0.15, 0.2) is 0 Å². The first-order chi connectivity index (χ1) is 20.0. The molecule has 0 aliphatic carbocycles. The zero-order valence-corrected chi connectivity index (χ0v) is 24.7. The number of nitrogens with zero attached hydrogens (tertiary/aromatic N) is 3. The Morgan fingerprint density at radius 2 is 1.69 bits per heavy atom. The Balaban J connectivity index is 1.81. The van der Waals surface area contributed by atoms with Gasteiger partial charge >= 0.3 is 12.1 Å². The molecule has 12 nitrogen and oxygen atoms in total. The van der Waals surface area contributed by atoms with E-state index in [-0.39, 0.29) is 70.4 Å². The summed E-state index contributed by atoms with van der Waals surface area (Å²) in [6.07, 6.45) is -0.502. The first kappa shape index (κ1) is 32.3. The summed E-state index contributed by atoms with van der Waals surface area (Å²) in [4.78, 5) is 59.4. The SMILES string of the molecule is CCOC(=O)N1CCN(C(=O)[C@H](CCC(=O)OC(C)(C)C)NC(=O)c2cc(NCCO)cc(-c3ccccc3)n2)CC1. The summed E-state index contributed by atoms with van der Waals surface area (Å²) in [7, 11) is 0. The van der Waals surface area contributed by atoms with Crippen LogP contribution in [0.25, 0.3) is 11.3 Å². The first-order valence-electron chi connectivity index (χ1n) is 14.2. The van der Waals surface area contributed by atoms with Crippen molar-refractivity contribution in [3.63, 3.8) is 0 Å². The number of benzene rings is 1. The highest BCUT2D eigenvalue weighted by Gasteiger charge is 2.32. The number of carbonyl (C=O) groups excluding carboxylic acids is 4. The average molecular weight is 584 g/mol. The van der Waals surface area contributed by atoms with E-state index >= 15 is 0 Å².